The van der Waals surface area contributed by atoms with Crippen LogP contribution in [0, 0.1) is 11.8 Å². The molecule has 4 atom stereocenters. The van der Waals surface area contributed by atoms with Crippen LogP contribution in [0.1, 0.15) is 84.5 Å². The second-order valence-corrected chi connectivity index (χ2v) is 8.18. The Morgan fingerprint density at radius 3 is 2.63 bits per heavy atom. The van der Waals surface area contributed by atoms with Crippen molar-refractivity contribution in [1.29, 1.82) is 0 Å². The van der Waals surface area contributed by atoms with Gasteiger partial charge >= 0.3 is 5.97 Å². The van der Waals surface area contributed by atoms with Crippen LogP contribution in [0.15, 0.2) is 12.2 Å². The van der Waals surface area contributed by atoms with Crippen molar-refractivity contribution < 1.29 is 24.5 Å². The predicted molar refractivity (Wildman–Crippen MR) is 106 cm³/mol. The van der Waals surface area contributed by atoms with E-state index in [0.29, 0.717) is 12.8 Å². The molecule has 156 valence electrons. The molecule has 0 bridgehead atoms. The van der Waals surface area contributed by atoms with Crippen LogP contribution in [0.25, 0.3) is 0 Å². The molecule has 0 aromatic carbocycles. The summed E-state index contributed by atoms with van der Waals surface area (Å²) >= 11 is 0. The largest absolute Gasteiger partial charge is 0.469 e. The van der Waals surface area contributed by atoms with Crippen molar-refractivity contribution in [2.45, 2.75) is 96.2 Å². The third kappa shape index (κ3) is 9.02. The van der Waals surface area contributed by atoms with E-state index in [4.69, 9.17) is 0 Å². The SMILES string of the molecule is CCCCC(C)(O)CC=C[C@@H]1[C@H](O)CC(=O)[C@@H]1CCCCCCC(=O)OC. The molecule has 0 aromatic heterocycles. The van der Waals surface area contributed by atoms with Crippen LogP contribution in [0.5, 0.6) is 0 Å². The highest BCUT2D eigenvalue weighted by Crippen LogP contribution is 2.34. The van der Waals surface area contributed by atoms with Crippen molar-refractivity contribution in [3.05, 3.63) is 12.2 Å². The van der Waals surface area contributed by atoms with Crippen LogP contribution in [-0.2, 0) is 14.3 Å². The molecule has 0 aromatic rings. The molecule has 1 fully saturated rings. The smallest absolute Gasteiger partial charge is 0.305 e. The van der Waals surface area contributed by atoms with E-state index in [1.54, 1.807) is 0 Å². The highest BCUT2D eigenvalue weighted by atomic mass is 16.5. The van der Waals surface area contributed by atoms with Gasteiger partial charge in [0.05, 0.1) is 18.8 Å². The number of hydrogen-bond acceptors (Lipinski definition) is 5. The molecule has 27 heavy (non-hydrogen) atoms. The summed E-state index contributed by atoms with van der Waals surface area (Å²) in [6, 6.07) is 0. The Morgan fingerprint density at radius 2 is 1.96 bits per heavy atom. The fourth-order valence-electron chi connectivity index (χ4n) is 3.82. The van der Waals surface area contributed by atoms with E-state index in [0.717, 1.165) is 51.4 Å². The van der Waals surface area contributed by atoms with Gasteiger partial charge in [0, 0.05) is 24.7 Å². The van der Waals surface area contributed by atoms with Crippen LogP contribution >= 0.6 is 0 Å². The minimum atomic E-state index is -0.727. The second kappa shape index (κ2) is 12.3. The van der Waals surface area contributed by atoms with E-state index in [-0.39, 0.29) is 30.0 Å². The second-order valence-electron chi connectivity index (χ2n) is 8.18. The zero-order valence-corrected chi connectivity index (χ0v) is 17.3. The van der Waals surface area contributed by atoms with Crippen LogP contribution < -0.4 is 0 Å². The van der Waals surface area contributed by atoms with Crippen LogP contribution in [0.2, 0.25) is 0 Å². The monoisotopic (exact) mass is 382 g/mol. The third-order valence-corrected chi connectivity index (χ3v) is 5.59. The number of unbranched alkanes of at least 4 members (excludes halogenated alkanes) is 4. The van der Waals surface area contributed by atoms with Gasteiger partial charge in [-0.1, -0.05) is 51.2 Å². The number of Topliss-reactive ketones (excluding diaryl/α,β-unsaturated/α-hetero) is 1. The number of ether oxygens (including phenoxy) is 1. The summed E-state index contributed by atoms with van der Waals surface area (Å²) < 4.78 is 4.62. The number of esters is 1. The average Bonchev–Trinajstić information content (AvgIpc) is 2.89. The molecule has 5 heteroatoms. The number of methoxy groups -OCH3 is 1. The molecule has 1 aliphatic rings. The van der Waals surface area contributed by atoms with E-state index >= 15 is 0 Å². The molecule has 0 heterocycles. The lowest BCUT2D eigenvalue weighted by Crippen LogP contribution is -2.23. The van der Waals surface area contributed by atoms with Crippen molar-refractivity contribution >= 4 is 11.8 Å². The van der Waals surface area contributed by atoms with Gasteiger partial charge in [-0.2, -0.15) is 0 Å². The Bertz CT molecular complexity index is 483. The van der Waals surface area contributed by atoms with Crippen molar-refractivity contribution in [3.8, 4) is 0 Å². The van der Waals surface area contributed by atoms with Crippen molar-refractivity contribution in [2.75, 3.05) is 7.11 Å². The highest BCUT2D eigenvalue weighted by molar-refractivity contribution is 5.84. The molecule has 0 aliphatic heterocycles. The Labute approximate surface area is 164 Å². The lowest BCUT2D eigenvalue weighted by molar-refractivity contribution is -0.140. The van der Waals surface area contributed by atoms with Gasteiger partial charge in [0.15, 0.2) is 0 Å². The van der Waals surface area contributed by atoms with Crippen molar-refractivity contribution in [1.82, 2.24) is 0 Å². The molecule has 2 N–H and O–H groups in total. The van der Waals surface area contributed by atoms with Gasteiger partial charge in [-0.3, -0.25) is 9.59 Å². The van der Waals surface area contributed by atoms with Gasteiger partial charge in [0.2, 0.25) is 0 Å². The van der Waals surface area contributed by atoms with Gasteiger partial charge in [-0.15, -0.1) is 0 Å². The lowest BCUT2D eigenvalue weighted by atomic mass is 9.87. The first-order chi connectivity index (χ1) is 12.8. The number of rotatable bonds is 13. The molecule has 1 saturated carbocycles. The fraction of sp³-hybridized carbons (Fsp3) is 0.818. The first kappa shape index (κ1) is 23.8. The predicted octanol–water partition coefficient (Wildman–Crippen LogP) is 3.95. The summed E-state index contributed by atoms with van der Waals surface area (Å²) in [6.07, 6.45) is 11.7. The van der Waals surface area contributed by atoms with Gasteiger partial charge < -0.3 is 14.9 Å². The molecule has 1 unspecified atom stereocenters. The molecule has 1 rings (SSSR count). The number of hydrogen-bond donors (Lipinski definition) is 2. The van der Waals surface area contributed by atoms with E-state index in [9.17, 15) is 19.8 Å². The quantitative estimate of drug-likeness (QED) is 0.286. The average molecular weight is 383 g/mol. The maximum atomic E-state index is 12.2. The molecule has 0 amide bonds. The maximum Gasteiger partial charge on any atom is 0.305 e. The van der Waals surface area contributed by atoms with Crippen LogP contribution in [-0.4, -0.2) is 40.8 Å². The maximum absolute atomic E-state index is 12.2. The molecular formula is C22H38O5. The van der Waals surface area contributed by atoms with Crippen molar-refractivity contribution in [2.24, 2.45) is 11.8 Å². The number of ketones is 1. The van der Waals surface area contributed by atoms with Gasteiger partial charge in [-0.25, -0.2) is 0 Å². The highest BCUT2D eigenvalue weighted by Gasteiger charge is 2.39. The molecule has 0 saturated heterocycles. The number of carbonyl (C=O) groups is 2. The lowest BCUT2D eigenvalue weighted by Gasteiger charge is -2.22. The zero-order valence-electron chi connectivity index (χ0n) is 17.3. The topological polar surface area (TPSA) is 83.8 Å². The normalized spacial score (nSPS) is 25.1. The van der Waals surface area contributed by atoms with E-state index < -0.39 is 11.7 Å². The molecule has 0 radical (unpaired) electrons. The Balaban J connectivity index is 2.42. The minimum Gasteiger partial charge on any atom is -0.469 e. The van der Waals surface area contributed by atoms with Crippen LogP contribution in [0.4, 0.5) is 0 Å². The van der Waals surface area contributed by atoms with Gasteiger partial charge in [-0.05, 0) is 32.6 Å². The van der Waals surface area contributed by atoms with Gasteiger partial charge in [0.1, 0.15) is 5.78 Å². The number of aliphatic hydroxyl groups is 2. The molecular weight excluding hydrogens is 344 g/mol. The first-order valence-electron chi connectivity index (χ1n) is 10.5. The number of aliphatic hydroxyl groups excluding tert-OH is 1. The Hall–Kier alpha value is -1.20. The van der Waals surface area contributed by atoms with Crippen LogP contribution in [0.3, 0.4) is 0 Å². The van der Waals surface area contributed by atoms with Gasteiger partial charge in [0.25, 0.3) is 0 Å². The van der Waals surface area contributed by atoms with E-state index in [1.807, 2.05) is 19.1 Å². The van der Waals surface area contributed by atoms with Crippen molar-refractivity contribution in [3.63, 3.8) is 0 Å². The summed E-state index contributed by atoms with van der Waals surface area (Å²) in [5.74, 6) is -0.305. The Morgan fingerprint density at radius 1 is 1.26 bits per heavy atom. The summed E-state index contributed by atoms with van der Waals surface area (Å²) in [5.41, 5.74) is -0.727. The molecule has 1 aliphatic carbocycles. The van der Waals surface area contributed by atoms with E-state index in [1.165, 1.54) is 7.11 Å². The Kier molecular flexibility index (Phi) is 10.9. The molecule has 0 spiro atoms. The minimum absolute atomic E-state index is 0.127. The summed E-state index contributed by atoms with van der Waals surface area (Å²) in [6.45, 7) is 3.95. The van der Waals surface area contributed by atoms with E-state index in [2.05, 4.69) is 11.7 Å². The summed E-state index contributed by atoms with van der Waals surface area (Å²) in [7, 11) is 1.40. The molecule has 5 nitrogen and oxygen atoms in total. The third-order valence-electron chi connectivity index (χ3n) is 5.59. The first-order valence-corrected chi connectivity index (χ1v) is 10.5. The standard InChI is InChI=1S/C22H38O5/c1-4-5-14-22(2,26)15-10-12-18-17(19(23)16-20(18)24)11-8-6-7-9-13-21(25)27-3/h10,12,17-18,20,24,26H,4-9,11,13-16H2,1-3H3/t17-,18+,20-,22?/m1/s1. The fourth-order valence-corrected chi connectivity index (χ4v) is 3.82. The zero-order chi connectivity index (χ0) is 20.3. The summed E-state index contributed by atoms with van der Waals surface area (Å²) in [5, 5.41) is 20.6. The summed E-state index contributed by atoms with van der Waals surface area (Å²) in [4.78, 5) is 23.3. The number of carbonyl (C=O) groups excluding carboxylic acids is 2.